The second-order valence-corrected chi connectivity index (χ2v) is 8.26. The highest BCUT2D eigenvalue weighted by Gasteiger charge is 2.43. The number of carbonyl (C=O) groups is 3. The number of anilines is 1. The van der Waals surface area contributed by atoms with E-state index in [9.17, 15) is 14.4 Å². The molecule has 0 radical (unpaired) electrons. The molecule has 29 heavy (non-hydrogen) atoms. The highest BCUT2D eigenvalue weighted by atomic mass is 35.5. The molecule has 146 valence electrons. The highest BCUT2D eigenvalue weighted by Crippen LogP contribution is 2.30. The van der Waals surface area contributed by atoms with Gasteiger partial charge in [0.15, 0.2) is 0 Å². The van der Waals surface area contributed by atoms with Crippen molar-refractivity contribution in [1.82, 2.24) is 10.6 Å². The van der Waals surface area contributed by atoms with E-state index < -0.39 is 17.5 Å². The van der Waals surface area contributed by atoms with Crippen LogP contribution in [0, 0.1) is 0 Å². The van der Waals surface area contributed by atoms with Crippen LogP contribution in [0.15, 0.2) is 60.7 Å². The third-order valence-corrected chi connectivity index (χ3v) is 6.09. The van der Waals surface area contributed by atoms with Crippen molar-refractivity contribution in [1.29, 1.82) is 0 Å². The van der Waals surface area contributed by atoms with Gasteiger partial charge < -0.3 is 10.6 Å². The van der Waals surface area contributed by atoms with Crippen LogP contribution < -0.4 is 16.0 Å². The molecule has 4 rings (SSSR count). The Morgan fingerprint density at radius 1 is 1.07 bits per heavy atom. The van der Waals surface area contributed by atoms with Crippen LogP contribution in [-0.4, -0.2) is 17.8 Å². The summed E-state index contributed by atoms with van der Waals surface area (Å²) in [6.45, 7) is 1.62. The standard InChI is InChI=1S/C21H16ClN3O3S/c1-21(19(27)24-20(28)25-21)13-3-2-4-15(11-13)23-18(26)17-10-9-16(29-17)12-5-7-14(22)8-6-12/h2-11H,1H3,(H,23,26)(H2,24,25,27,28). The third kappa shape index (κ3) is 3.74. The van der Waals surface area contributed by atoms with E-state index in [1.807, 2.05) is 18.2 Å². The number of imide groups is 1. The van der Waals surface area contributed by atoms with Crippen LogP contribution in [0.3, 0.4) is 0 Å². The normalized spacial score (nSPS) is 18.3. The van der Waals surface area contributed by atoms with Gasteiger partial charge in [-0.1, -0.05) is 35.9 Å². The predicted octanol–water partition coefficient (Wildman–Crippen LogP) is 4.38. The van der Waals surface area contributed by atoms with Crippen LogP contribution >= 0.6 is 22.9 Å². The molecule has 6 nitrogen and oxygen atoms in total. The van der Waals surface area contributed by atoms with E-state index in [4.69, 9.17) is 11.6 Å². The molecule has 1 fully saturated rings. The summed E-state index contributed by atoms with van der Waals surface area (Å²) >= 11 is 7.30. The molecule has 1 unspecified atom stereocenters. The summed E-state index contributed by atoms with van der Waals surface area (Å²) < 4.78 is 0. The zero-order chi connectivity index (χ0) is 20.6. The summed E-state index contributed by atoms with van der Waals surface area (Å²) in [4.78, 5) is 37.8. The minimum Gasteiger partial charge on any atom is -0.321 e. The molecular formula is C21H16ClN3O3S. The van der Waals surface area contributed by atoms with Crippen molar-refractivity contribution in [2.45, 2.75) is 12.5 Å². The molecule has 0 aliphatic carbocycles. The van der Waals surface area contributed by atoms with Crippen LogP contribution in [0.5, 0.6) is 0 Å². The summed E-state index contributed by atoms with van der Waals surface area (Å²) in [5.74, 6) is -0.686. The minimum absolute atomic E-state index is 0.252. The van der Waals surface area contributed by atoms with Crippen molar-refractivity contribution in [2.24, 2.45) is 0 Å². The largest absolute Gasteiger partial charge is 0.322 e. The lowest BCUT2D eigenvalue weighted by molar-refractivity contribution is -0.123. The van der Waals surface area contributed by atoms with E-state index >= 15 is 0 Å². The van der Waals surface area contributed by atoms with Crippen LogP contribution in [-0.2, 0) is 10.3 Å². The molecule has 3 aromatic rings. The average molecular weight is 426 g/mol. The topological polar surface area (TPSA) is 87.3 Å². The first-order valence-electron chi connectivity index (χ1n) is 8.76. The first-order chi connectivity index (χ1) is 13.8. The summed E-state index contributed by atoms with van der Waals surface area (Å²) in [5, 5.41) is 8.35. The fourth-order valence-corrected chi connectivity index (χ4v) is 4.11. The molecule has 0 bridgehead atoms. The number of benzene rings is 2. The van der Waals surface area contributed by atoms with Gasteiger partial charge in [-0.3, -0.25) is 14.9 Å². The smallest absolute Gasteiger partial charge is 0.321 e. The molecule has 3 N–H and O–H groups in total. The number of urea groups is 1. The Morgan fingerprint density at radius 3 is 2.52 bits per heavy atom. The molecule has 1 aliphatic heterocycles. The maximum absolute atomic E-state index is 12.7. The zero-order valence-electron chi connectivity index (χ0n) is 15.3. The summed E-state index contributed by atoms with van der Waals surface area (Å²) in [6, 6.07) is 17.4. The number of thiophene rings is 1. The van der Waals surface area contributed by atoms with E-state index in [2.05, 4.69) is 16.0 Å². The van der Waals surface area contributed by atoms with Crippen LogP contribution in [0.4, 0.5) is 10.5 Å². The van der Waals surface area contributed by atoms with Crippen LogP contribution in [0.1, 0.15) is 22.2 Å². The van der Waals surface area contributed by atoms with Crippen molar-refractivity contribution in [3.05, 3.63) is 76.1 Å². The number of halogens is 1. The van der Waals surface area contributed by atoms with Crippen LogP contribution in [0.25, 0.3) is 10.4 Å². The molecule has 1 saturated heterocycles. The van der Waals surface area contributed by atoms with E-state index in [0.717, 1.165) is 10.4 Å². The van der Waals surface area contributed by atoms with Crippen molar-refractivity contribution in [3.63, 3.8) is 0 Å². The lowest BCUT2D eigenvalue weighted by atomic mass is 9.92. The maximum Gasteiger partial charge on any atom is 0.322 e. The van der Waals surface area contributed by atoms with E-state index in [1.54, 1.807) is 49.4 Å². The number of hydrogen-bond donors (Lipinski definition) is 3. The second-order valence-electron chi connectivity index (χ2n) is 6.74. The van der Waals surface area contributed by atoms with Gasteiger partial charge in [-0.25, -0.2) is 4.79 Å². The first-order valence-corrected chi connectivity index (χ1v) is 9.96. The molecule has 8 heteroatoms. The van der Waals surface area contributed by atoms with Gasteiger partial charge in [0.05, 0.1) is 4.88 Å². The van der Waals surface area contributed by atoms with Crippen molar-refractivity contribution < 1.29 is 14.4 Å². The predicted molar refractivity (Wildman–Crippen MR) is 113 cm³/mol. The minimum atomic E-state index is -1.18. The SMILES string of the molecule is CC1(c2cccc(NC(=O)c3ccc(-c4ccc(Cl)cc4)s3)c2)NC(=O)NC1=O. The lowest BCUT2D eigenvalue weighted by Crippen LogP contribution is -2.40. The van der Waals surface area contributed by atoms with E-state index in [0.29, 0.717) is 21.2 Å². The lowest BCUT2D eigenvalue weighted by Gasteiger charge is -2.21. The van der Waals surface area contributed by atoms with Crippen LogP contribution in [0.2, 0.25) is 5.02 Å². The first kappa shape index (κ1) is 19.2. The van der Waals surface area contributed by atoms with Crippen molar-refractivity contribution in [3.8, 4) is 10.4 Å². The van der Waals surface area contributed by atoms with Gasteiger partial charge in [-0.05, 0) is 54.4 Å². The monoisotopic (exact) mass is 425 g/mol. The molecule has 2 heterocycles. The molecule has 1 aromatic heterocycles. The summed E-state index contributed by atoms with van der Waals surface area (Å²) in [6.07, 6.45) is 0. The Balaban J connectivity index is 1.53. The van der Waals surface area contributed by atoms with E-state index in [-0.39, 0.29) is 5.91 Å². The van der Waals surface area contributed by atoms with Crippen molar-refractivity contribution in [2.75, 3.05) is 5.32 Å². The molecule has 2 aromatic carbocycles. The molecule has 0 saturated carbocycles. The Bertz CT molecular complexity index is 1130. The number of rotatable bonds is 4. The maximum atomic E-state index is 12.7. The molecule has 4 amide bonds. The molecular weight excluding hydrogens is 410 g/mol. The van der Waals surface area contributed by atoms with Gasteiger partial charge in [0, 0.05) is 15.6 Å². The van der Waals surface area contributed by atoms with Crippen molar-refractivity contribution >= 4 is 46.5 Å². The fraction of sp³-hybridized carbons (Fsp3) is 0.0952. The molecule has 0 spiro atoms. The Labute approximate surface area is 175 Å². The second kappa shape index (κ2) is 7.35. The highest BCUT2D eigenvalue weighted by molar-refractivity contribution is 7.17. The summed E-state index contributed by atoms with van der Waals surface area (Å²) in [7, 11) is 0. The number of amides is 4. The molecule has 1 atom stereocenters. The van der Waals surface area contributed by atoms with E-state index in [1.165, 1.54) is 11.3 Å². The zero-order valence-corrected chi connectivity index (χ0v) is 16.9. The number of hydrogen-bond acceptors (Lipinski definition) is 4. The van der Waals surface area contributed by atoms with Gasteiger partial charge in [-0.2, -0.15) is 0 Å². The van der Waals surface area contributed by atoms with Gasteiger partial charge in [0.1, 0.15) is 5.54 Å². The third-order valence-electron chi connectivity index (χ3n) is 4.70. The summed E-state index contributed by atoms with van der Waals surface area (Å²) in [5.41, 5.74) is 0.912. The molecule has 1 aliphatic rings. The fourth-order valence-electron chi connectivity index (χ4n) is 3.08. The Morgan fingerprint density at radius 2 is 1.83 bits per heavy atom. The van der Waals surface area contributed by atoms with Gasteiger partial charge in [0.25, 0.3) is 11.8 Å². The quantitative estimate of drug-likeness (QED) is 0.542. The van der Waals surface area contributed by atoms with Gasteiger partial charge >= 0.3 is 6.03 Å². The average Bonchev–Trinajstić information content (AvgIpc) is 3.28. The number of nitrogens with one attached hydrogen (secondary N) is 3. The Kier molecular flexibility index (Phi) is 4.86. The van der Waals surface area contributed by atoms with Gasteiger partial charge in [0.2, 0.25) is 0 Å². The Hall–Kier alpha value is -3.16. The van der Waals surface area contributed by atoms with Gasteiger partial charge in [-0.15, -0.1) is 11.3 Å². The number of carbonyl (C=O) groups excluding carboxylic acids is 3.